The Kier molecular flexibility index (Phi) is 5.76. The first-order valence-electron chi connectivity index (χ1n) is 7.08. The molecule has 0 atom stereocenters. The second-order valence-corrected chi connectivity index (χ2v) is 5.52. The van der Waals surface area contributed by atoms with Crippen LogP contribution in [0.1, 0.15) is 24.8 Å². The van der Waals surface area contributed by atoms with Crippen molar-refractivity contribution in [3.05, 3.63) is 29.8 Å². The topological polar surface area (TPSA) is 58.7 Å². The van der Waals surface area contributed by atoms with Crippen LogP contribution < -0.4 is 10.5 Å². The fraction of sp³-hybridized carbons (Fsp3) is 0.533. The monoisotopic (exact) mass is 294 g/mol. The summed E-state index contributed by atoms with van der Waals surface area (Å²) in [6.45, 7) is 2.67. The van der Waals surface area contributed by atoms with Crippen LogP contribution in [0.2, 0.25) is 0 Å². The summed E-state index contributed by atoms with van der Waals surface area (Å²) < 4.78 is 5.70. The highest BCUT2D eigenvalue weighted by Gasteiger charge is 2.27. The Hall–Kier alpha value is -1.17. The van der Waals surface area contributed by atoms with E-state index in [4.69, 9.17) is 27.8 Å². The van der Waals surface area contributed by atoms with Gasteiger partial charge in [-0.3, -0.25) is 4.90 Å². The molecule has 0 amide bonds. The molecule has 0 spiro atoms. The van der Waals surface area contributed by atoms with Gasteiger partial charge in [-0.2, -0.15) is 0 Å². The zero-order chi connectivity index (χ0) is 14.4. The molecule has 4 nitrogen and oxygen atoms in total. The lowest BCUT2D eigenvalue weighted by Crippen LogP contribution is -2.31. The third kappa shape index (κ3) is 4.74. The molecule has 1 aliphatic rings. The van der Waals surface area contributed by atoms with Crippen LogP contribution in [-0.2, 0) is 0 Å². The summed E-state index contributed by atoms with van der Waals surface area (Å²) in [7, 11) is 0. The summed E-state index contributed by atoms with van der Waals surface area (Å²) in [5.41, 5.74) is 6.40. The summed E-state index contributed by atoms with van der Waals surface area (Å²) in [5.74, 6) is 0.838. The number of thiocarbonyl (C=S) groups is 1. The van der Waals surface area contributed by atoms with Crippen molar-refractivity contribution >= 4 is 17.2 Å². The third-order valence-electron chi connectivity index (χ3n) is 3.45. The number of hydrogen-bond donors (Lipinski definition) is 2. The minimum absolute atomic E-state index is 0.234. The maximum absolute atomic E-state index is 9.03. The molecule has 0 saturated heterocycles. The van der Waals surface area contributed by atoms with Crippen molar-refractivity contribution in [2.24, 2.45) is 5.73 Å². The predicted molar refractivity (Wildman–Crippen MR) is 84.1 cm³/mol. The molecule has 1 aliphatic carbocycles. The number of nitrogens with two attached hydrogens (primary N) is 1. The van der Waals surface area contributed by atoms with Crippen LogP contribution in [0.15, 0.2) is 24.3 Å². The lowest BCUT2D eigenvalue weighted by molar-refractivity contribution is 0.177. The van der Waals surface area contributed by atoms with Crippen molar-refractivity contribution in [2.45, 2.75) is 25.3 Å². The molecule has 0 bridgehead atoms. The number of nitrogens with zero attached hydrogens (tertiary/aromatic N) is 1. The van der Waals surface area contributed by atoms with E-state index in [9.17, 15) is 0 Å². The van der Waals surface area contributed by atoms with Crippen LogP contribution >= 0.6 is 12.2 Å². The molecule has 0 aromatic heterocycles. The Morgan fingerprint density at radius 3 is 2.55 bits per heavy atom. The summed E-state index contributed by atoms with van der Waals surface area (Å²) >= 11 is 4.91. The molecule has 1 aromatic rings. The fourth-order valence-electron chi connectivity index (χ4n) is 2.22. The number of ether oxygens (including phenoxy) is 1. The Morgan fingerprint density at radius 2 is 2.00 bits per heavy atom. The van der Waals surface area contributed by atoms with Crippen molar-refractivity contribution in [3.63, 3.8) is 0 Å². The lowest BCUT2D eigenvalue weighted by Gasteiger charge is -2.20. The van der Waals surface area contributed by atoms with Gasteiger partial charge in [0.15, 0.2) is 0 Å². The number of benzene rings is 1. The van der Waals surface area contributed by atoms with Crippen molar-refractivity contribution in [2.75, 3.05) is 26.3 Å². The first-order chi connectivity index (χ1) is 9.70. The average molecular weight is 294 g/mol. The summed E-state index contributed by atoms with van der Waals surface area (Å²) in [4.78, 5) is 2.75. The van der Waals surface area contributed by atoms with E-state index in [1.807, 2.05) is 24.3 Å². The van der Waals surface area contributed by atoms with Crippen LogP contribution in [0.4, 0.5) is 0 Å². The van der Waals surface area contributed by atoms with E-state index in [-0.39, 0.29) is 6.61 Å². The minimum atomic E-state index is 0.234. The molecule has 0 heterocycles. The van der Waals surface area contributed by atoms with Gasteiger partial charge in [-0.15, -0.1) is 0 Å². The zero-order valence-corrected chi connectivity index (χ0v) is 12.4. The molecule has 2 rings (SSSR count). The van der Waals surface area contributed by atoms with Gasteiger partial charge in [0.1, 0.15) is 10.7 Å². The van der Waals surface area contributed by atoms with Crippen molar-refractivity contribution in [1.29, 1.82) is 0 Å². The van der Waals surface area contributed by atoms with Gasteiger partial charge in [0.25, 0.3) is 0 Å². The number of rotatable bonds is 9. The molecular weight excluding hydrogens is 272 g/mol. The van der Waals surface area contributed by atoms with E-state index in [2.05, 4.69) is 4.90 Å². The van der Waals surface area contributed by atoms with E-state index in [0.29, 0.717) is 17.6 Å². The van der Waals surface area contributed by atoms with Crippen molar-refractivity contribution < 1.29 is 9.84 Å². The van der Waals surface area contributed by atoms with Gasteiger partial charge in [-0.05, 0) is 43.5 Å². The molecule has 3 N–H and O–H groups in total. The Morgan fingerprint density at radius 1 is 1.30 bits per heavy atom. The number of aliphatic hydroxyl groups is 1. The van der Waals surface area contributed by atoms with Crippen LogP contribution in [0, 0.1) is 0 Å². The fourth-order valence-corrected chi connectivity index (χ4v) is 2.35. The number of aliphatic hydroxyl groups excluding tert-OH is 1. The van der Waals surface area contributed by atoms with Crippen LogP contribution in [0.25, 0.3) is 0 Å². The first-order valence-corrected chi connectivity index (χ1v) is 7.49. The molecule has 0 unspecified atom stereocenters. The molecule has 110 valence electrons. The van der Waals surface area contributed by atoms with Crippen LogP contribution in [0.5, 0.6) is 5.75 Å². The molecular formula is C15H22N2O2S. The van der Waals surface area contributed by atoms with Gasteiger partial charge in [-0.1, -0.05) is 12.2 Å². The number of hydrogen-bond acceptors (Lipinski definition) is 4. The quantitative estimate of drug-likeness (QED) is 0.534. The largest absolute Gasteiger partial charge is 0.494 e. The SMILES string of the molecule is NC(=S)c1ccc(OCCCN(CCO)C2CC2)cc1. The van der Waals surface area contributed by atoms with Crippen molar-refractivity contribution in [3.8, 4) is 5.75 Å². The third-order valence-corrected chi connectivity index (χ3v) is 3.68. The summed E-state index contributed by atoms with van der Waals surface area (Å²) in [5, 5.41) is 9.03. The van der Waals surface area contributed by atoms with Gasteiger partial charge in [0, 0.05) is 24.7 Å². The summed E-state index contributed by atoms with van der Waals surface area (Å²) in [6, 6.07) is 8.22. The standard InChI is InChI=1S/C15H22N2O2S/c16-15(20)12-2-6-14(7-3-12)19-11-1-8-17(9-10-18)13-4-5-13/h2-3,6-7,13,18H,1,4-5,8-11H2,(H2,16,20). The Bertz CT molecular complexity index is 432. The van der Waals surface area contributed by atoms with Gasteiger partial charge >= 0.3 is 0 Å². The Labute approximate surface area is 125 Å². The predicted octanol–water partition coefficient (Wildman–Crippen LogP) is 1.55. The van der Waals surface area contributed by atoms with Gasteiger partial charge in [-0.25, -0.2) is 0 Å². The second-order valence-electron chi connectivity index (χ2n) is 5.08. The molecule has 0 aliphatic heterocycles. The van der Waals surface area contributed by atoms with Crippen LogP contribution in [-0.4, -0.2) is 47.3 Å². The molecule has 1 fully saturated rings. The molecule has 1 aromatic carbocycles. The highest BCUT2D eigenvalue weighted by atomic mass is 32.1. The highest BCUT2D eigenvalue weighted by molar-refractivity contribution is 7.80. The first kappa shape index (κ1) is 15.2. The lowest BCUT2D eigenvalue weighted by atomic mass is 10.2. The molecule has 20 heavy (non-hydrogen) atoms. The van der Waals surface area contributed by atoms with E-state index >= 15 is 0 Å². The zero-order valence-electron chi connectivity index (χ0n) is 11.6. The highest BCUT2D eigenvalue weighted by Crippen LogP contribution is 2.26. The summed E-state index contributed by atoms with van der Waals surface area (Å²) in [6.07, 6.45) is 3.50. The second kappa shape index (κ2) is 7.57. The normalized spacial score (nSPS) is 14.5. The maximum atomic E-state index is 9.03. The van der Waals surface area contributed by atoms with Gasteiger partial charge in [0.05, 0.1) is 13.2 Å². The molecule has 0 radical (unpaired) electrons. The molecule has 1 saturated carbocycles. The van der Waals surface area contributed by atoms with E-state index in [0.717, 1.165) is 30.8 Å². The Balaban J connectivity index is 1.68. The van der Waals surface area contributed by atoms with E-state index in [1.165, 1.54) is 12.8 Å². The maximum Gasteiger partial charge on any atom is 0.119 e. The van der Waals surface area contributed by atoms with Crippen molar-refractivity contribution in [1.82, 2.24) is 4.90 Å². The van der Waals surface area contributed by atoms with E-state index in [1.54, 1.807) is 0 Å². The van der Waals surface area contributed by atoms with Crippen LogP contribution in [0.3, 0.4) is 0 Å². The minimum Gasteiger partial charge on any atom is -0.494 e. The average Bonchev–Trinajstić information content (AvgIpc) is 3.27. The van der Waals surface area contributed by atoms with Gasteiger partial charge in [0.2, 0.25) is 0 Å². The van der Waals surface area contributed by atoms with Gasteiger partial charge < -0.3 is 15.6 Å². The molecule has 5 heteroatoms. The van der Waals surface area contributed by atoms with E-state index < -0.39 is 0 Å². The smallest absolute Gasteiger partial charge is 0.119 e.